The Morgan fingerprint density at radius 1 is 1.21 bits per heavy atom. The molecule has 96 valence electrons. The van der Waals surface area contributed by atoms with Crippen LogP contribution in [0.25, 0.3) is 0 Å². The van der Waals surface area contributed by atoms with Crippen LogP contribution < -0.4 is 40.1 Å². The molecular formula is C11H10NNaO6. The van der Waals surface area contributed by atoms with Crippen LogP contribution in [0.4, 0.5) is 0 Å². The first-order chi connectivity index (χ1) is 8.56. The van der Waals surface area contributed by atoms with Crippen LogP contribution in [0.5, 0.6) is 0 Å². The largest absolute Gasteiger partial charge is 1.00 e. The SMILES string of the molecule is COC(=O)c1ccccc1C(=O)NOCC(=O)[O-].[Na+]. The van der Waals surface area contributed by atoms with Crippen LogP contribution in [0.3, 0.4) is 0 Å². The normalized spacial score (nSPS) is 9.11. The average molecular weight is 275 g/mol. The maximum atomic E-state index is 11.6. The first-order valence-corrected chi connectivity index (χ1v) is 4.85. The molecule has 1 amide bonds. The topological polar surface area (TPSA) is 105 Å². The Bertz CT molecular complexity index is 476. The van der Waals surface area contributed by atoms with E-state index in [4.69, 9.17) is 0 Å². The van der Waals surface area contributed by atoms with E-state index in [0.717, 1.165) is 0 Å². The Morgan fingerprint density at radius 2 is 1.79 bits per heavy atom. The van der Waals surface area contributed by atoms with Gasteiger partial charge in [-0.1, -0.05) is 12.1 Å². The van der Waals surface area contributed by atoms with Gasteiger partial charge in [-0.15, -0.1) is 0 Å². The van der Waals surface area contributed by atoms with Gasteiger partial charge in [0.2, 0.25) is 0 Å². The number of carboxylic acid groups (broad SMARTS) is 1. The Kier molecular flexibility index (Phi) is 8.01. The molecule has 8 heteroatoms. The van der Waals surface area contributed by atoms with Crippen molar-refractivity contribution in [3.63, 3.8) is 0 Å². The molecule has 7 nitrogen and oxygen atoms in total. The third-order valence-corrected chi connectivity index (χ3v) is 1.93. The minimum atomic E-state index is -1.48. The summed E-state index contributed by atoms with van der Waals surface area (Å²) < 4.78 is 4.51. The summed E-state index contributed by atoms with van der Waals surface area (Å²) in [4.78, 5) is 37.4. The van der Waals surface area contributed by atoms with Crippen molar-refractivity contribution in [1.29, 1.82) is 0 Å². The molecule has 0 aromatic heterocycles. The monoisotopic (exact) mass is 275 g/mol. The molecule has 0 heterocycles. The van der Waals surface area contributed by atoms with Crippen molar-refractivity contribution in [2.45, 2.75) is 0 Å². The molecule has 0 spiro atoms. The summed E-state index contributed by atoms with van der Waals surface area (Å²) in [6, 6.07) is 5.88. The second kappa shape index (κ2) is 8.65. The van der Waals surface area contributed by atoms with Crippen molar-refractivity contribution < 1.29 is 58.6 Å². The summed E-state index contributed by atoms with van der Waals surface area (Å²) >= 11 is 0. The second-order valence-electron chi connectivity index (χ2n) is 3.13. The molecule has 0 fully saturated rings. The number of carboxylic acids is 1. The van der Waals surface area contributed by atoms with E-state index in [2.05, 4.69) is 9.57 Å². The predicted octanol–water partition coefficient (Wildman–Crippen LogP) is -4.11. The summed E-state index contributed by atoms with van der Waals surface area (Å²) in [6.45, 7) is -0.786. The molecule has 0 atom stereocenters. The number of hydrogen-bond donors (Lipinski definition) is 1. The third kappa shape index (κ3) is 5.39. The number of hydrogen-bond acceptors (Lipinski definition) is 6. The predicted molar refractivity (Wildman–Crippen MR) is 56.2 cm³/mol. The molecule has 19 heavy (non-hydrogen) atoms. The Labute approximate surface area is 131 Å². The molecule has 0 bridgehead atoms. The minimum Gasteiger partial charge on any atom is -0.548 e. The molecule has 1 aromatic rings. The van der Waals surface area contributed by atoms with Crippen LogP contribution in [0.1, 0.15) is 20.7 Å². The van der Waals surface area contributed by atoms with Gasteiger partial charge in [-0.2, -0.15) is 0 Å². The van der Waals surface area contributed by atoms with E-state index in [-0.39, 0.29) is 40.7 Å². The zero-order chi connectivity index (χ0) is 13.5. The van der Waals surface area contributed by atoms with Crippen molar-refractivity contribution in [3.05, 3.63) is 35.4 Å². The number of aliphatic carboxylic acids is 1. The van der Waals surface area contributed by atoms with Gasteiger partial charge in [0.1, 0.15) is 6.61 Å². The van der Waals surface area contributed by atoms with Crippen molar-refractivity contribution in [2.24, 2.45) is 0 Å². The van der Waals surface area contributed by atoms with Gasteiger partial charge < -0.3 is 14.6 Å². The van der Waals surface area contributed by atoms with E-state index in [1.54, 1.807) is 12.1 Å². The first kappa shape index (κ1) is 17.6. The molecule has 1 aromatic carbocycles. The maximum Gasteiger partial charge on any atom is 1.00 e. The van der Waals surface area contributed by atoms with Gasteiger partial charge in [0.15, 0.2) is 0 Å². The van der Waals surface area contributed by atoms with Gasteiger partial charge in [-0.25, -0.2) is 10.3 Å². The number of carbonyl (C=O) groups excluding carboxylic acids is 3. The van der Waals surface area contributed by atoms with Crippen molar-refractivity contribution in [2.75, 3.05) is 13.7 Å². The van der Waals surface area contributed by atoms with Crippen LogP contribution >= 0.6 is 0 Å². The molecule has 0 unspecified atom stereocenters. The van der Waals surface area contributed by atoms with Gasteiger partial charge in [0, 0.05) is 0 Å². The second-order valence-corrected chi connectivity index (χ2v) is 3.13. The molecule has 0 saturated heterocycles. The van der Waals surface area contributed by atoms with Crippen molar-refractivity contribution in [1.82, 2.24) is 5.48 Å². The van der Waals surface area contributed by atoms with Gasteiger partial charge >= 0.3 is 35.5 Å². The first-order valence-electron chi connectivity index (χ1n) is 4.85. The summed E-state index contributed by atoms with van der Waals surface area (Å²) in [5, 5.41) is 10.1. The average Bonchev–Trinajstić information content (AvgIpc) is 2.37. The summed E-state index contributed by atoms with van der Waals surface area (Å²) in [7, 11) is 1.18. The fourth-order valence-electron chi connectivity index (χ4n) is 1.18. The van der Waals surface area contributed by atoms with Crippen molar-refractivity contribution in [3.8, 4) is 0 Å². The van der Waals surface area contributed by atoms with Crippen LogP contribution in [-0.4, -0.2) is 31.6 Å². The van der Waals surface area contributed by atoms with Crippen LogP contribution in [0.2, 0.25) is 0 Å². The van der Waals surface area contributed by atoms with Crippen LogP contribution in [-0.2, 0) is 14.4 Å². The molecule has 1 rings (SSSR count). The molecule has 0 saturated carbocycles. The number of amides is 1. The van der Waals surface area contributed by atoms with Crippen molar-refractivity contribution >= 4 is 17.8 Å². The summed E-state index contributed by atoms with van der Waals surface area (Å²) in [6.07, 6.45) is 0. The Hall–Kier alpha value is -1.41. The number of rotatable bonds is 5. The van der Waals surface area contributed by atoms with E-state index < -0.39 is 24.5 Å². The number of methoxy groups -OCH3 is 1. The molecule has 1 N–H and O–H groups in total. The molecule has 0 radical (unpaired) electrons. The summed E-state index contributed by atoms with van der Waals surface area (Å²) in [5.74, 6) is -2.91. The Balaban J connectivity index is 0.00000324. The van der Waals surface area contributed by atoms with Crippen LogP contribution in [0.15, 0.2) is 24.3 Å². The van der Waals surface area contributed by atoms with Gasteiger partial charge in [-0.3, -0.25) is 9.63 Å². The van der Waals surface area contributed by atoms with E-state index in [0.29, 0.717) is 0 Å². The molecular weight excluding hydrogens is 265 g/mol. The standard InChI is InChI=1S/C11H11NO6.Na/c1-17-11(16)8-5-3-2-4-7(8)10(15)12-18-6-9(13)14;/h2-5H,6H2,1H3,(H,12,15)(H,13,14);/q;+1/p-1. The summed E-state index contributed by atoms with van der Waals surface area (Å²) in [5.41, 5.74) is 1.95. The number of benzene rings is 1. The van der Waals surface area contributed by atoms with E-state index >= 15 is 0 Å². The van der Waals surface area contributed by atoms with Crippen LogP contribution in [0, 0.1) is 0 Å². The quantitative estimate of drug-likeness (QED) is 0.332. The molecule has 0 aliphatic carbocycles. The third-order valence-electron chi connectivity index (χ3n) is 1.93. The van der Waals surface area contributed by atoms with Gasteiger partial charge in [-0.05, 0) is 12.1 Å². The Morgan fingerprint density at radius 3 is 2.32 bits per heavy atom. The number of hydroxylamine groups is 1. The number of esters is 1. The molecule has 0 aliphatic rings. The smallest absolute Gasteiger partial charge is 0.548 e. The fraction of sp³-hybridized carbons (Fsp3) is 0.182. The zero-order valence-electron chi connectivity index (χ0n) is 10.5. The maximum absolute atomic E-state index is 11.6. The number of carbonyl (C=O) groups is 3. The minimum absolute atomic E-state index is 0. The van der Waals surface area contributed by atoms with E-state index in [9.17, 15) is 19.5 Å². The number of ether oxygens (including phenoxy) is 1. The van der Waals surface area contributed by atoms with E-state index in [1.807, 2.05) is 5.48 Å². The number of nitrogens with one attached hydrogen (secondary N) is 1. The van der Waals surface area contributed by atoms with E-state index in [1.165, 1.54) is 19.2 Å². The van der Waals surface area contributed by atoms with Gasteiger partial charge in [0.05, 0.1) is 24.2 Å². The zero-order valence-corrected chi connectivity index (χ0v) is 12.5. The fourth-order valence-corrected chi connectivity index (χ4v) is 1.18. The molecule has 0 aliphatic heterocycles. The van der Waals surface area contributed by atoms with Gasteiger partial charge in [0.25, 0.3) is 5.91 Å².